The van der Waals surface area contributed by atoms with Crippen molar-refractivity contribution in [2.75, 3.05) is 5.32 Å². The van der Waals surface area contributed by atoms with Crippen molar-refractivity contribution >= 4 is 17.5 Å². The number of benzene rings is 1. The van der Waals surface area contributed by atoms with Gasteiger partial charge in [0.1, 0.15) is 11.4 Å². The molecule has 0 aliphatic heterocycles. The Bertz CT molecular complexity index is 909. The molecule has 0 spiro atoms. The van der Waals surface area contributed by atoms with Gasteiger partial charge in [-0.25, -0.2) is 0 Å². The van der Waals surface area contributed by atoms with E-state index >= 15 is 0 Å². The van der Waals surface area contributed by atoms with Crippen molar-refractivity contribution in [2.45, 2.75) is 6.92 Å². The molecular weight excluding hydrogens is 306 g/mol. The number of hydrogen-bond acceptors (Lipinski definition) is 3. The smallest absolute Gasteiger partial charge is 0.261 e. The highest BCUT2D eigenvalue weighted by Gasteiger charge is 2.18. The van der Waals surface area contributed by atoms with E-state index in [4.69, 9.17) is 5.73 Å². The van der Waals surface area contributed by atoms with Crippen LogP contribution in [-0.2, 0) is 7.05 Å². The number of primary amides is 1. The number of nitrogens with one attached hydrogen (secondary N) is 1. The maximum Gasteiger partial charge on any atom is 0.261 e. The van der Waals surface area contributed by atoms with Gasteiger partial charge in [-0.15, -0.1) is 0 Å². The molecule has 3 aromatic rings. The van der Waals surface area contributed by atoms with Crippen LogP contribution in [0.15, 0.2) is 48.9 Å². The van der Waals surface area contributed by atoms with E-state index < -0.39 is 5.91 Å². The summed E-state index contributed by atoms with van der Waals surface area (Å²) in [4.78, 5) is 23.9. The van der Waals surface area contributed by atoms with Gasteiger partial charge in [0.25, 0.3) is 5.91 Å². The van der Waals surface area contributed by atoms with E-state index in [1.807, 2.05) is 29.1 Å². The van der Waals surface area contributed by atoms with Crippen molar-refractivity contribution in [2.24, 2.45) is 12.8 Å². The lowest BCUT2D eigenvalue weighted by molar-refractivity contribution is 0.0997. The molecule has 0 radical (unpaired) electrons. The fraction of sp³-hybridized carbons (Fsp3) is 0.118. The molecule has 0 saturated heterocycles. The fourth-order valence-corrected chi connectivity index (χ4v) is 2.59. The van der Waals surface area contributed by atoms with Crippen LogP contribution in [0, 0.1) is 6.92 Å². The third-order valence-corrected chi connectivity index (χ3v) is 3.75. The zero-order valence-corrected chi connectivity index (χ0v) is 13.4. The molecule has 24 heavy (non-hydrogen) atoms. The SMILES string of the molecule is Cc1cc(NC(=O)c2cnn(C)c2-n2cccc2)ccc1C(N)=O. The van der Waals surface area contributed by atoms with E-state index in [0.29, 0.717) is 28.2 Å². The third kappa shape index (κ3) is 2.79. The molecule has 122 valence electrons. The van der Waals surface area contributed by atoms with Gasteiger partial charge in [-0.3, -0.25) is 14.3 Å². The second kappa shape index (κ2) is 6.04. The lowest BCUT2D eigenvalue weighted by Gasteiger charge is -2.10. The predicted molar refractivity (Wildman–Crippen MR) is 90.2 cm³/mol. The number of nitrogens with zero attached hydrogens (tertiary/aromatic N) is 3. The van der Waals surface area contributed by atoms with Crippen LogP contribution in [0.3, 0.4) is 0 Å². The number of rotatable bonds is 4. The molecule has 0 unspecified atom stereocenters. The second-order valence-corrected chi connectivity index (χ2v) is 5.44. The largest absolute Gasteiger partial charge is 0.366 e. The van der Waals surface area contributed by atoms with Gasteiger partial charge in [0, 0.05) is 30.7 Å². The summed E-state index contributed by atoms with van der Waals surface area (Å²) in [5.41, 5.74) is 7.47. The van der Waals surface area contributed by atoms with Crippen LogP contribution in [0.1, 0.15) is 26.3 Å². The molecule has 0 bridgehead atoms. The number of amides is 2. The lowest BCUT2D eigenvalue weighted by atomic mass is 10.1. The summed E-state index contributed by atoms with van der Waals surface area (Å²) in [7, 11) is 1.78. The highest BCUT2D eigenvalue weighted by Crippen LogP contribution is 2.18. The van der Waals surface area contributed by atoms with E-state index in [9.17, 15) is 9.59 Å². The van der Waals surface area contributed by atoms with Crippen molar-refractivity contribution in [1.82, 2.24) is 14.3 Å². The summed E-state index contributed by atoms with van der Waals surface area (Å²) in [6, 6.07) is 8.71. The van der Waals surface area contributed by atoms with Gasteiger partial charge >= 0.3 is 0 Å². The van der Waals surface area contributed by atoms with Gasteiger partial charge in [0.2, 0.25) is 5.91 Å². The maximum absolute atomic E-state index is 12.6. The van der Waals surface area contributed by atoms with Crippen molar-refractivity contribution in [3.8, 4) is 5.82 Å². The average molecular weight is 323 g/mol. The van der Waals surface area contributed by atoms with Gasteiger partial charge in [0.05, 0.1) is 6.20 Å². The number of carbonyl (C=O) groups excluding carboxylic acids is 2. The Kier molecular flexibility index (Phi) is 3.91. The number of carbonyl (C=O) groups is 2. The van der Waals surface area contributed by atoms with Gasteiger partial charge in [-0.2, -0.15) is 5.10 Å². The summed E-state index contributed by atoms with van der Waals surface area (Å²) in [6.07, 6.45) is 5.22. The Morgan fingerprint density at radius 3 is 2.50 bits per heavy atom. The normalized spacial score (nSPS) is 10.6. The number of hydrogen-bond donors (Lipinski definition) is 2. The number of aromatic nitrogens is 3. The lowest BCUT2D eigenvalue weighted by Crippen LogP contribution is -2.16. The summed E-state index contributed by atoms with van der Waals surface area (Å²) < 4.78 is 3.46. The van der Waals surface area contributed by atoms with Crippen LogP contribution < -0.4 is 11.1 Å². The van der Waals surface area contributed by atoms with E-state index in [1.165, 1.54) is 6.20 Å². The van der Waals surface area contributed by atoms with Crippen LogP contribution in [0.25, 0.3) is 5.82 Å². The molecule has 2 amide bonds. The topological polar surface area (TPSA) is 94.9 Å². The Hall–Kier alpha value is -3.35. The Balaban J connectivity index is 1.89. The Morgan fingerprint density at radius 1 is 1.17 bits per heavy atom. The molecule has 2 aromatic heterocycles. The zero-order valence-electron chi connectivity index (χ0n) is 13.4. The zero-order chi connectivity index (χ0) is 17.3. The minimum atomic E-state index is -0.493. The fourth-order valence-electron chi connectivity index (χ4n) is 2.59. The quantitative estimate of drug-likeness (QED) is 0.767. The number of anilines is 1. The maximum atomic E-state index is 12.6. The van der Waals surface area contributed by atoms with Crippen LogP contribution >= 0.6 is 0 Å². The highest BCUT2D eigenvalue weighted by atomic mass is 16.2. The first-order valence-corrected chi connectivity index (χ1v) is 7.34. The van der Waals surface area contributed by atoms with Crippen molar-refractivity contribution in [3.05, 3.63) is 65.6 Å². The minimum Gasteiger partial charge on any atom is -0.366 e. The van der Waals surface area contributed by atoms with E-state index in [1.54, 1.807) is 36.9 Å². The summed E-state index contributed by atoms with van der Waals surface area (Å²) in [6.45, 7) is 1.77. The van der Waals surface area contributed by atoms with Gasteiger partial charge in [0.15, 0.2) is 0 Å². The first-order valence-electron chi connectivity index (χ1n) is 7.34. The minimum absolute atomic E-state index is 0.280. The molecule has 3 rings (SSSR count). The second-order valence-electron chi connectivity index (χ2n) is 5.44. The molecule has 3 N–H and O–H groups in total. The molecular formula is C17H17N5O2. The molecule has 2 heterocycles. The molecule has 7 nitrogen and oxygen atoms in total. The predicted octanol–water partition coefficient (Wildman–Crippen LogP) is 1.87. The van der Waals surface area contributed by atoms with Crippen molar-refractivity contribution < 1.29 is 9.59 Å². The summed E-state index contributed by atoms with van der Waals surface area (Å²) in [5, 5.41) is 6.99. The molecule has 0 aliphatic rings. The standard InChI is InChI=1S/C17H17N5O2/c1-11-9-12(5-6-13(11)15(18)23)20-16(24)14-10-19-21(2)17(14)22-7-3-4-8-22/h3-10H,1-2H3,(H2,18,23)(H,20,24). The van der Waals surface area contributed by atoms with Crippen molar-refractivity contribution in [1.29, 1.82) is 0 Å². The summed E-state index contributed by atoms with van der Waals surface area (Å²) in [5.74, 6) is -0.103. The van der Waals surface area contributed by atoms with Gasteiger partial charge < -0.3 is 15.6 Å². The number of aryl methyl sites for hydroxylation is 2. The van der Waals surface area contributed by atoms with E-state index in [0.717, 1.165) is 0 Å². The van der Waals surface area contributed by atoms with Crippen LogP contribution in [0.4, 0.5) is 5.69 Å². The van der Waals surface area contributed by atoms with Gasteiger partial charge in [-0.05, 0) is 42.8 Å². The van der Waals surface area contributed by atoms with Crippen LogP contribution in [0.5, 0.6) is 0 Å². The first-order chi connectivity index (χ1) is 11.5. The Morgan fingerprint density at radius 2 is 1.88 bits per heavy atom. The molecule has 0 aliphatic carbocycles. The molecule has 0 fully saturated rings. The van der Waals surface area contributed by atoms with Crippen molar-refractivity contribution in [3.63, 3.8) is 0 Å². The molecule has 1 aromatic carbocycles. The molecule has 0 atom stereocenters. The Labute approximate surface area is 138 Å². The van der Waals surface area contributed by atoms with Crippen LogP contribution in [-0.4, -0.2) is 26.2 Å². The van der Waals surface area contributed by atoms with E-state index in [2.05, 4.69) is 10.4 Å². The molecule has 0 saturated carbocycles. The monoisotopic (exact) mass is 323 g/mol. The van der Waals surface area contributed by atoms with Crippen LogP contribution in [0.2, 0.25) is 0 Å². The summed E-state index contributed by atoms with van der Waals surface area (Å²) >= 11 is 0. The first kappa shape index (κ1) is 15.5. The van der Waals surface area contributed by atoms with Gasteiger partial charge in [-0.1, -0.05) is 0 Å². The van der Waals surface area contributed by atoms with E-state index in [-0.39, 0.29) is 5.91 Å². The highest BCUT2D eigenvalue weighted by molar-refractivity contribution is 6.06. The average Bonchev–Trinajstić information content (AvgIpc) is 3.15. The third-order valence-electron chi connectivity index (χ3n) is 3.75. The number of nitrogens with two attached hydrogens (primary N) is 1. The molecule has 7 heteroatoms.